The quantitative estimate of drug-likeness (QED) is 0.111. The van der Waals surface area contributed by atoms with E-state index in [1.807, 2.05) is 92.2 Å². The number of ether oxygens (including phenoxy) is 3. The Morgan fingerprint density at radius 2 is 1.44 bits per heavy atom. The van der Waals surface area contributed by atoms with Crippen molar-refractivity contribution < 1.29 is 23.8 Å². The normalized spacial score (nSPS) is 11.2. The Balaban J connectivity index is 1.24. The highest BCUT2D eigenvalue weighted by Gasteiger charge is 2.20. The molecule has 39 heavy (non-hydrogen) atoms. The van der Waals surface area contributed by atoms with Gasteiger partial charge < -0.3 is 18.8 Å². The Hall–Kier alpha value is -4.32. The molecule has 4 rings (SSSR count). The minimum atomic E-state index is -0.314. The van der Waals surface area contributed by atoms with E-state index in [0.717, 1.165) is 46.5 Å². The molecule has 0 amide bonds. The fourth-order valence-electron chi connectivity index (χ4n) is 4.49. The van der Waals surface area contributed by atoms with Gasteiger partial charge in [0, 0.05) is 34.8 Å². The Labute approximate surface area is 229 Å². The van der Waals surface area contributed by atoms with Crippen molar-refractivity contribution in [1.82, 2.24) is 4.57 Å². The maximum atomic E-state index is 12.8. The van der Waals surface area contributed by atoms with Crippen LogP contribution in [0, 0.1) is 6.92 Å². The maximum absolute atomic E-state index is 12.8. The van der Waals surface area contributed by atoms with Crippen LogP contribution in [0.15, 0.2) is 72.8 Å². The van der Waals surface area contributed by atoms with E-state index in [4.69, 9.17) is 14.2 Å². The molecule has 0 radical (unpaired) electrons. The molecule has 0 fully saturated rings. The number of aryl methyl sites for hydroxylation is 1. The van der Waals surface area contributed by atoms with Gasteiger partial charge >= 0.3 is 5.97 Å². The van der Waals surface area contributed by atoms with Crippen molar-refractivity contribution in [2.45, 2.75) is 33.6 Å². The lowest BCUT2D eigenvalue weighted by Crippen LogP contribution is -2.06. The van der Waals surface area contributed by atoms with Crippen LogP contribution in [0.5, 0.6) is 11.5 Å². The molecule has 0 atom stereocenters. The highest BCUT2D eigenvalue weighted by atomic mass is 16.5. The van der Waals surface area contributed by atoms with E-state index in [1.54, 1.807) is 19.1 Å². The molecule has 1 heterocycles. The lowest BCUT2D eigenvalue weighted by atomic mass is 10.0. The molecule has 0 saturated heterocycles. The third kappa shape index (κ3) is 6.58. The zero-order valence-corrected chi connectivity index (χ0v) is 23.0. The molecule has 6 heteroatoms. The molecule has 6 nitrogen and oxygen atoms in total. The molecule has 0 N–H and O–H groups in total. The number of allylic oxidation sites excluding steroid dienone is 1. The summed E-state index contributed by atoms with van der Waals surface area (Å²) in [7, 11) is 1.94. The molecule has 0 saturated carbocycles. The number of rotatable bonds is 12. The minimum absolute atomic E-state index is 0.0102. The van der Waals surface area contributed by atoms with Gasteiger partial charge in [0.25, 0.3) is 0 Å². The molecule has 0 unspecified atom stereocenters. The summed E-state index contributed by atoms with van der Waals surface area (Å²) in [6.45, 7) is 7.11. The number of carbonyl (C=O) groups is 2. The summed E-state index contributed by atoms with van der Waals surface area (Å²) in [6, 6.07) is 20.6. The molecule has 0 aliphatic carbocycles. The topological polar surface area (TPSA) is 66.8 Å². The van der Waals surface area contributed by atoms with Crippen LogP contribution in [-0.4, -0.2) is 36.1 Å². The van der Waals surface area contributed by atoms with Crippen molar-refractivity contribution in [3.05, 3.63) is 101 Å². The predicted molar refractivity (Wildman–Crippen MR) is 155 cm³/mol. The monoisotopic (exact) mass is 525 g/mol. The van der Waals surface area contributed by atoms with Gasteiger partial charge in [0.2, 0.25) is 0 Å². The second kappa shape index (κ2) is 13.0. The lowest BCUT2D eigenvalue weighted by molar-refractivity contribution is 0.0527. The molecule has 0 aliphatic heterocycles. The predicted octanol–water partition coefficient (Wildman–Crippen LogP) is 7.17. The molecule has 4 aromatic rings. The Morgan fingerprint density at radius 1 is 0.846 bits per heavy atom. The smallest absolute Gasteiger partial charge is 0.340 e. The zero-order valence-electron chi connectivity index (χ0n) is 23.0. The summed E-state index contributed by atoms with van der Waals surface area (Å²) < 4.78 is 19.1. The Kier molecular flexibility index (Phi) is 9.21. The molecular weight excluding hydrogens is 490 g/mol. The number of aromatic nitrogens is 1. The van der Waals surface area contributed by atoms with E-state index in [9.17, 15) is 9.59 Å². The second-order valence-corrected chi connectivity index (χ2v) is 9.30. The van der Waals surface area contributed by atoms with Crippen molar-refractivity contribution in [3.8, 4) is 11.5 Å². The minimum Gasteiger partial charge on any atom is -0.494 e. The van der Waals surface area contributed by atoms with Gasteiger partial charge in [-0.3, -0.25) is 4.79 Å². The Morgan fingerprint density at radius 3 is 2.05 bits per heavy atom. The Bertz CT molecular complexity index is 1460. The van der Waals surface area contributed by atoms with Gasteiger partial charge in [-0.15, -0.1) is 0 Å². The number of nitrogens with zero attached hydrogens (tertiary/aromatic N) is 1. The number of ketones is 1. The van der Waals surface area contributed by atoms with Gasteiger partial charge in [-0.1, -0.05) is 36.4 Å². The number of benzene rings is 3. The maximum Gasteiger partial charge on any atom is 0.340 e. The van der Waals surface area contributed by atoms with E-state index in [1.165, 1.54) is 0 Å². The molecular formula is C33H35NO5. The average molecular weight is 526 g/mol. The molecule has 0 aliphatic rings. The lowest BCUT2D eigenvalue weighted by Gasteiger charge is -2.09. The standard InChI is InChI=1S/C33H35NO5/c1-5-9-24-10-12-25(13-11-24)32(35)26-14-16-27(17-15-26)38-20-7-8-21-39-28-18-19-30-29(22-28)31(23(3)34(30)4)33(36)37-6-2/h5,9-19,22H,6-8,20-21H2,1-4H3/b9-5+. The fraction of sp³-hybridized carbons (Fsp3) is 0.273. The first-order chi connectivity index (χ1) is 18.9. The summed E-state index contributed by atoms with van der Waals surface area (Å²) in [5, 5.41) is 0.835. The van der Waals surface area contributed by atoms with E-state index in [0.29, 0.717) is 36.5 Å². The second-order valence-electron chi connectivity index (χ2n) is 9.30. The summed E-state index contributed by atoms with van der Waals surface area (Å²) in [5.41, 5.74) is 4.78. The highest BCUT2D eigenvalue weighted by Crippen LogP contribution is 2.29. The first-order valence-electron chi connectivity index (χ1n) is 13.3. The van der Waals surface area contributed by atoms with Crippen LogP contribution >= 0.6 is 0 Å². The number of hydrogen-bond acceptors (Lipinski definition) is 5. The number of hydrogen-bond donors (Lipinski definition) is 0. The van der Waals surface area contributed by atoms with E-state index in [2.05, 4.69) is 0 Å². The third-order valence-electron chi connectivity index (χ3n) is 6.67. The van der Waals surface area contributed by atoms with E-state index in [-0.39, 0.29) is 11.8 Å². The first-order valence-corrected chi connectivity index (χ1v) is 13.3. The van der Waals surface area contributed by atoms with Crippen LogP contribution in [0.4, 0.5) is 0 Å². The summed E-state index contributed by atoms with van der Waals surface area (Å²) in [5.74, 6) is 1.12. The van der Waals surface area contributed by atoms with Crippen molar-refractivity contribution in [1.29, 1.82) is 0 Å². The van der Waals surface area contributed by atoms with E-state index < -0.39 is 0 Å². The van der Waals surface area contributed by atoms with Gasteiger partial charge in [0.15, 0.2) is 5.78 Å². The SMILES string of the molecule is C/C=C/c1ccc(C(=O)c2ccc(OCCCCOc3ccc4c(c3)c(C(=O)OCC)c(C)n4C)cc2)cc1. The van der Waals surface area contributed by atoms with Crippen molar-refractivity contribution in [2.75, 3.05) is 19.8 Å². The average Bonchev–Trinajstić information content (AvgIpc) is 3.20. The van der Waals surface area contributed by atoms with Gasteiger partial charge in [-0.2, -0.15) is 0 Å². The highest BCUT2D eigenvalue weighted by molar-refractivity contribution is 6.09. The number of esters is 1. The van der Waals surface area contributed by atoms with Gasteiger partial charge in [0.1, 0.15) is 11.5 Å². The largest absolute Gasteiger partial charge is 0.494 e. The van der Waals surface area contributed by atoms with Crippen LogP contribution in [0.25, 0.3) is 17.0 Å². The zero-order chi connectivity index (χ0) is 27.8. The molecule has 0 spiro atoms. The molecule has 202 valence electrons. The fourth-order valence-corrected chi connectivity index (χ4v) is 4.49. The first kappa shape index (κ1) is 27.7. The van der Waals surface area contributed by atoms with Gasteiger partial charge in [-0.05, 0) is 81.6 Å². The summed E-state index contributed by atoms with van der Waals surface area (Å²) in [6.07, 6.45) is 5.61. The number of fused-ring (bicyclic) bond motifs is 1. The van der Waals surface area contributed by atoms with Crippen LogP contribution in [0.1, 0.15) is 64.2 Å². The van der Waals surface area contributed by atoms with E-state index >= 15 is 0 Å². The van der Waals surface area contributed by atoms with Gasteiger partial charge in [0.05, 0.1) is 25.4 Å². The van der Waals surface area contributed by atoms with Crippen LogP contribution < -0.4 is 9.47 Å². The van der Waals surface area contributed by atoms with Crippen molar-refractivity contribution >= 4 is 28.7 Å². The third-order valence-corrected chi connectivity index (χ3v) is 6.67. The van der Waals surface area contributed by atoms with Crippen LogP contribution in [-0.2, 0) is 11.8 Å². The molecule has 0 bridgehead atoms. The van der Waals surface area contributed by atoms with Crippen molar-refractivity contribution in [2.24, 2.45) is 7.05 Å². The number of carbonyl (C=O) groups excluding carboxylic acids is 2. The van der Waals surface area contributed by atoms with Crippen molar-refractivity contribution in [3.63, 3.8) is 0 Å². The molecule has 1 aromatic heterocycles. The van der Waals surface area contributed by atoms with Crippen LogP contribution in [0.2, 0.25) is 0 Å². The summed E-state index contributed by atoms with van der Waals surface area (Å²) in [4.78, 5) is 25.2. The molecule has 3 aromatic carbocycles. The number of unbranched alkanes of at least 4 members (excludes halogenated alkanes) is 1. The van der Waals surface area contributed by atoms with Gasteiger partial charge in [-0.25, -0.2) is 4.79 Å². The van der Waals surface area contributed by atoms with Crippen LogP contribution in [0.3, 0.4) is 0 Å². The summed E-state index contributed by atoms with van der Waals surface area (Å²) >= 11 is 0.